The number of esters is 3. The summed E-state index contributed by atoms with van der Waals surface area (Å²) in [5.74, 6) is -1.70. The number of phosphoric ester groups is 1. The Hall–Kier alpha value is -3.77. The van der Waals surface area contributed by atoms with Crippen LogP contribution in [0, 0.1) is 10.8 Å². The Morgan fingerprint density at radius 1 is 0.918 bits per heavy atom. The molecule has 0 fully saturated rings. The molecule has 0 saturated heterocycles. The maximum absolute atomic E-state index is 13.4. The van der Waals surface area contributed by atoms with Crippen LogP contribution in [-0.4, -0.2) is 81.9 Å². The van der Waals surface area contributed by atoms with Gasteiger partial charge < -0.3 is 23.6 Å². The van der Waals surface area contributed by atoms with Crippen LogP contribution < -0.4 is 0 Å². The minimum absolute atomic E-state index is 0.0121. The highest BCUT2D eigenvalue weighted by Gasteiger charge is 2.40. The molecule has 0 aliphatic heterocycles. The molecule has 0 aromatic heterocycles. The van der Waals surface area contributed by atoms with Crippen LogP contribution in [0.2, 0.25) is 0 Å². The molecule has 0 amide bonds. The van der Waals surface area contributed by atoms with Crippen LogP contribution in [0.1, 0.15) is 74.4 Å². The van der Waals surface area contributed by atoms with Gasteiger partial charge in [0.15, 0.2) is 0 Å². The highest BCUT2D eigenvalue weighted by molar-refractivity contribution is 7.47. The molecule has 0 spiro atoms. The van der Waals surface area contributed by atoms with E-state index < -0.39 is 30.6 Å². The first-order valence-corrected chi connectivity index (χ1v) is 17.4. The van der Waals surface area contributed by atoms with Crippen LogP contribution in [0.15, 0.2) is 53.6 Å². The summed E-state index contributed by atoms with van der Waals surface area (Å²) in [6.07, 6.45) is 1.12. The minimum atomic E-state index is -4.31. The van der Waals surface area contributed by atoms with E-state index in [1.165, 1.54) is 31.4 Å². The van der Waals surface area contributed by atoms with Gasteiger partial charge in [0.2, 0.25) is 0 Å². The number of azide groups is 1. The average molecular weight is 706 g/mol. The average Bonchev–Trinajstić information content (AvgIpc) is 3.04. The number of hydrogen-bond donors (Lipinski definition) is 1. The summed E-state index contributed by atoms with van der Waals surface area (Å²) < 4.78 is 38.7. The van der Waals surface area contributed by atoms with Crippen molar-refractivity contribution in [2.24, 2.45) is 15.9 Å². The van der Waals surface area contributed by atoms with E-state index in [4.69, 9.17) is 28.8 Å². The predicted molar refractivity (Wildman–Crippen MR) is 183 cm³/mol. The second-order valence-electron chi connectivity index (χ2n) is 13.7. The van der Waals surface area contributed by atoms with Gasteiger partial charge in [0.1, 0.15) is 26.4 Å². The summed E-state index contributed by atoms with van der Waals surface area (Å²) in [6.45, 7) is 7.18. The summed E-state index contributed by atoms with van der Waals surface area (Å²) in [4.78, 5) is 51.2. The maximum Gasteiger partial charge on any atom is 0.472 e. The number of benzene rings is 2. The van der Waals surface area contributed by atoms with E-state index in [2.05, 4.69) is 10.0 Å². The Morgan fingerprint density at radius 2 is 1.53 bits per heavy atom. The van der Waals surface area contributed by atoms with E-state index in [-0.39, 0.29) is 38.3 Å². The van der Waals surface area contributed by atoms with Crippen molar-refractivity contribution < 1.29 is 51.6 Å². The van der Waals surface area contributed by atoms with E-state index in [1.807, 2.05) is 52.3 Å². The Morgan fingerprint density at radius 3 is 2.08 bits per heavy atom. The van der Waals surface area contributed by atoms with E-state index in [1.54, 1.807) is 20.8 Å². The quantitative estimate of drug-likeness (QED) is 0.0223. The first-order chi connectivity index (χ1) is 22.8. The van der Waals surface area contributed by atoms with E-state index in [0.717, 1.165) is 11.1 Å². The first-order valence-electron chi connectivity index (χ1n) is 15.9. The van der Waals surface area contributed by atoms with Crippen molar-refractivity contribution in [2.45, 2.75) is 59.5 Å². The highest BCUT2D eigenvalue weighted by Crippen LogP contribution is 2.44. The summed E-state index contributed by atoms with van der Waals surface area (Å²) in [7, 11) is 2.79. The van der Waals surface area contributed by atoms with Gasteiger partial charge in [0.25, 0.3) is 0 Å². The maximum atomic E-state index is 13.4. The molecule has 0 bridgehead atoms. The first kappa shape index (κ1) is 41.4. The number of quaternary nitrogens is 1. The number of carbonyl (C=O) groups is 3. The van der Waals surface area contributed by atoms with Gasteiger partial charge in [-0.2, -0.15) is 0 Å². The van der Waals surface area contributed by atoms with Gasteiger partial charge in [-0.05, 0) is 74.7 Å². The molecule has 270 valence electrons. The molecule has 1 N–H and O–H groups in total. The minimum Gasteiger partial charge on any atom is -0.469 e. The molecule has 15 heteroatoms. The van der Waals surface area contributed by atoms with Crippen molar-refractivity contribution in [2.75, 3.05) is 54.6 Å². The van der Waals surface area contributed by atoms with Crippen molar-refractivity contribution in [3.05, 3.63) is 75.7 Å². The molecule has 0 radical (unpaired) electrons. The van der Waals surface area contributed by atoms with Gasteiger partial charge in [-0.15, -0.1) is 0 Å². The zero-order valence-corrected chi connectivity index (χ0v) is 30.6. The molecule has 3 atom stereocenters. The van der Waals surface area contributed by atoms with Gasteiger partial charge >= 0.3 is 25.7 Å². The smallest absolute Gasteiger partial charge is 0.469 e. The Balaban J connectivity index is 2.12. The molecule has 0 heterocycles. The van der Waals surface area contributed by atoms with Crippen LogP contribution in [0.3, 0.4) is 0 Å². The molecule has 0 saturated carbocycles. The lowest BCUT2D eigenvalue weighted by molar-refractivity contribution is -0.870. The molecular formula is C34H50N4O10P+. The second kappa shape index (κ2) is 18.3. The highest BCUT2D eigenvalue weighted by atomic mass is 31.2. The summed E-state index contributed by atoms with van der Waals surface area (Å²) in [6, 6.07) is 13.5. The molecule has 49 heavy (non-hydrogen) atoms. The fourth-order valence-corrected chi connectivity index (χ4v) is 5.65. The molecule has 0 aliphatic rings. The molecule has 0 aliphatic carbocycles. The normalized spacial score (nSPS) is 14.8. The molecular weight excluding hydrogens is 655 g/mol. The number of likely N-dealkylation sites (N-methyl/N-ethyl adjacent to an activating group) is 1. The largest absolute Gasteiger partial charge is 0.472 e. The van der Waals surface area contributed by atoms with Crippen LogP contribution in [0.5, 0.6) is 0 Å². The monoisotopic (exact) mass is 705 g/mol. The Labute approximate surface area is 288 Å². The summed E-state index contributed by atoms with van der Waals surface area (Å²) in [5.41, 5.74) is 8.99. The van der Waals surface area contributed by atoms with Crippen LogP contribution in [0.4, 0.5) is 5.69 Å². The lowest BCUT2D eigenvalue weighted by Crippen LogP contribution is -2.37. The molecule has 2 aromatic rings. The SMILES string of the molecule is CCC(C)(CC(CC(C)(C)C(=O)OC)c1ccc(COC(=O)c2ccc(N=[N+]=[N-])cc2)cc1)C(=O)OCCOP(=O)(O)OCC[N+](C)(C)C. The van der Waals surface area contributed by atoms with Gasteiger partial charge in [-0.1, -0.05) is 48.4 Å². The predicted octanol–water partition coefficient (Wildman–Crippen LogP) is 6.85. The number of hydrogen-bond acceptors (Lipinski definition) is 10. The number of rotatable bonds is 20. The van der Waals surface area contributed by atoms with Crippen molar-refractivity contribution in [1.82, 2.24) is 0 Å². The van der Waals surface area contributed by atoms with Crippen molar-refractivity contribution in [1.29, 1.82) is 0 Å². The standard InChI is InChI=1S/C34H49N4O10P/c1-9-34(4,32(41)45-20-21-48-49(42,43)47-19-18-38(5,6)7)23-28(22-33(2,3)31(40)44-8)26-12-10-25(11-13-26)24-46-30(39)27-14-16-29(17-15-27)36-37-35/h10-17,28H,9,18-24H2,1-8H3/p+1. The van der Waals surface area contributed by atoms with Gasteiger partial charge in [0, 0.05) is 10.6 Å². The van der Waals surface area contributed by atoms with Gasteiger partial charge in [-0.3, -0.25) is 18.6 Å². The van der Waals surface area contributed by atoms with Crippen LogP contribution in [-0.2, 0) is 44.0 Å². The third-order valence-corrected chi connectivity index (χ3v) is 9.15. The number of carbonyl (C=O) groups excluding carboxylic acids is 3. The summed E-state index contributed by atoms with van der Waals surface area (Å²) >= 11 is 0. The van der Waals surface area contributed by atoms with Crippen molar-refractivity contribution >= 4 is 31.4 Å². The second-order valence-corrected chi connectivity index (χ2v) is 15.2. The van der Waals surface area contributed by atoms with E-state index in [9.17, 15) is 23.8 Å². The lowest BCUT2D eigenvalue weighted by atomic mass is 9.71. The van der Waals surface area contributed by atoms with Crippen LogP contribution >= 0.6 is 7.82 Å². The number of nitrogens with zero attached hydrogens (tertiary/aromatic N) is 4. The zero-order valence-electron chi connectivity index (χ0n) is 29.7. The Bertz CT molecular complexity index is 1500. The van der Waals surface area contributed by atoms with Gasteiger partial charge in [-0.25, -0.2) is 9.36 Å². The number of ether oxygens (including phenoxy) is 3. The molecule has 14 nitrogen and oxygen atoms in total. The number of methoxy groups -OCH3 is 1. The molecule has 2 rings (SSSR count). The van der Waals surface area contributed by atoms with Crippen molar-refractivity contribution in [3.8, 4) is 0 Å². The van der Waals surface area contributed by atoms with Gasteiger partial charge in [0.05, 0.1) is 51.3 Å². The fourth-order valence-electron chi connectivity index (χ4n) is 4.96. The van der Waals surface area contributed by atoms with Crippen molar-refractivity contribution in [3.63, 3.8) is 0 Å². The lowest BCUT2D eigenvalue weighted by Gasteiger charge is -2.34. The van der Waals surface area contributed by atoms with E-state index in [0.29, 0.717) is 41.5 Å². The van der Waals surface area contributed by atoms with Crippen LogP contribution in [0.25, 0.3) is 10.4 Å². The molecule has 2 aromatic carbocycles. The third-order valence-electron chi connectivity index (χ3n) is 8.14. The fraction of sp³-hybridized carbons (Fsp3) is 0.559. The Kier molecular flexibility index (Phi) is 15.5. The van der Waals surface area contributed by atoms with E-state index >= 15 is 0 Å². The molecule has 3 unspecified atom stereocenters. The number of phosphoric acid groups is 1. The third kappa shape index (κ3) is 13.9. The summed E-state index contributed by atoms with van der Waals surface area (Å²) in [5, 5.41) is 3.48. The topological polar surface area (TPSA) is 183 Å². The zero-order chi connectivity index (χ0) is 36.9.